The zero-order chi connectivity index (χ0) is 18.1. The Morgan fingerprint density at radius 1 is 0.720 bits per heavy atom. The summed E-state index contributed by atoms with van der Waals surface area (Å²) in [7, 11) is -1.78. The predicted molar refractivity (Wildman–Crippen MR) is 97.1 cm³/mol. The van der Waals surface area contributed by atoms with E-state index in [1.807, 2.05) is 0 Å². The molecule has 0 radical (unpaired) electrons. The number of hydrogen-bond acceptors (Lipinski definition) is 6. The summed E-state index contributed by atoms with van der Waals surface area (Å²) in [6, 6.07) is 0. The molecule has 6 nitrogen and oxygen atoms in total. The first-order valence-corrected chi connectivity index (χ1v) is 12.1. The topological polar surface area (TPSA) is 86.7 Å². The summed E-state index contributed by atoms with van der Waals surface area (Å²) >= 11 is 0. The van der Waals surface area contributed by atoms with Crippen LogP contribution in [0, 0.1) is 0 Å². The van der Waals surface area contributed by atoms with Gasteiger partial charge in [0.15, 0.2) is 0 Å². The van der Waals surface area contributed by atoms with Crippen molar-refractivity contribution in [1.29, 1.82) is 0 Å². The maximum absolute atomic E-state index is 11.9. The lowest BCUT2D eigenvalue weighted by Crippen LogP contribution is -2.12. The molecule has 0 spiro atoms. The van der Waals surface area contributed by atoms with Gasteiger partial charge in [0.2, 0.25) is 0 Å². The van der Waals surface area contributed by atoms with Crippen LogP contribution in [-0.4, -0.2) is 55.6 Å². The van der Waals surface area contributed by atoms with Crippen LogP contribution < -0.4 is 0 Å². The molecule has 144 valence electrons. The molecule has 2 heterocycles. The Hall–Kier alpha value is -0.760. The maximum Gasteiger partial charge on any atom is 0.306 e. The summed E-state index contributed by atoms with van der Waals surface area (Å²) in [6.07, 6.45) is 6.47. The highest BCUT2D eigenvalue weighted by Crippen LogP contribution is 2.19. The quantitative estimate of drug-likeness (QED) is 0.471. The molecule has 0 saturated carbocycles. The van der Waals surface area contributed by atoms with E-state index in [1.165, 1.54) is 0 Å². The molecule has 4 atom stereocenters. The van der Waals surface area contributed by atoms with Gasteiger partial charge >= 0.3 is 11.9 Å². The maximum atomic E-state index is 11.9. The van der Waals surface area contributed by atoms with E-state index in [1.54, 1.807) is 0 Å². The molecule has 0 N–H and O–H groups in total. The van der Waals surface area contributed by atoms with Gasteiger partial charge in [-0.25, -0.2) is 0 Å². The fourth-order valence-electron chi connectivity index (χ4n) is 3.10. The number of rotatable bonds is 12. The molecule has 2 aliphatic rings. The first kappa shape index (κ1) is 20.6. The number of carbonyl (C=O) groups excluding carboxylic acids is 2. The van der Waals surface area contributed by atoms with Crippen molar-refractivity contribution >= 4 is 33.5 Å². The van der Waals surface area contributed by atoms with Gasteiger partial charge in [-0.2, -0.15) is 0 Å². The fourth-order valence-corrected chi connectivity index (χ4v) is 5.60. The average Bonchev–Trinajstić information content (AvgIpc) is 3.16. The van der Waals surface area contributed by atoms with Crippen molar-refractivity contribution in [3.05, 3.63) is 0 Å². The molecule has 0 aliphatic carbocycles. The van der Waals surface area contributed by atoms with Gasteiger partial charge in [-0.3, -0.25) is 18.0 Å². The lowest BCUT2D eigenvalue weighted by molar-refractivity contribution is -0.142. The van der Waals surface area contributed by atoms with E-state index in [0.717, 1.165) is 38.5 Å². The molecule has 0 bridgehead atoms. The largest absolute Gasteiger partial charge is 0.462 e. The van der Waals surface area contributed by atoms with Gasteiger partial charge in [-0.05, 0) is 44.9 Å². The van der Waals surface area contributed by atoms with Crippen molar-refractivity contribution in [2.75, 3.05) is 23.0 Å². The third kappa shape index (κ3) is 8.44. The molecule has 8 heteroatoms. The van der Waals surface area contributed by atoms with Crippen molar-refractivity contribution in [1.82, 2.24) is 0 Å². The molecule has 0 amide bonds. The smallest absolute Gasteiger partial charge is 0.306 e. The summed E-state index contributed by atoms with van der Waals surface area (Å²) in [5, 5.41) is 0. The molecular weight excluding hydrogens is 364 g/mol. The summed E-state index contributed by atoms with van der Waals surface area (Å²) in [6.45, 7) is 0. The summed E-state index contributed by atoms with van der Waals surface area (Å²) in [5.74, 6) is 2.15. The van der Waals surface area contributed by atoms with Crippen molar-refractivity contribution in [2.45, 2.75) is 70.0 Å². The molecule has 0 aromatic carbocycles. The number of hydrogen-bond donors (Lipinski definition) is 0. The number of carbonyl (C=O) groups is 2. The zero-order valence-electron chi connectivity index (χ0n) is 14.6. The van der Waals surface area contributed by atoms with E-state index >= 15 is 0 Å². The SMILES string of the molecule is O=C1CCC(CCCS(=O)CCCS(=O)CCCC2CCC(=O)O2)O1. The minimum Gasteiger partial charge on any atom is -0.462 e. The van der Waals surface area contributed by atoms with Crippen LogP contribution in [0.25, 0.3) is 0 Å². The molecule has 2 saturated heterocycles. The van der Waals surface area contributed by atoms with Crippen LogP contribution in [0.2, 0.25) is 0 Å². The minimum atomic E-state index is -0.889. The van der Waals surface area contributed by atoms with E-state index in [9.17, 15) is 18.0 Å². The second kappa shape index (κ2) is 11.1. The zero-order valence-corrected chi connectivity index (χ0v) is 16.2. The van der Waals surface area contributed by atoms with E-state index in [-0.39, 0.29) is 24.1 Å². The normalized spacial score (nSPS) is 25.6. The number of esters is 2. The average molecular weight is 393 g/mol. The Kier molecular flexibility index (Phi) is 9.09. The van der Waals surface area contributed by atoms with Gasteiger partial charge in [0.05, 0.1) is 0 Å². The van der Waals surface area contributed by atoms with Crippen LogP contribution in [0.5, 0.6) is 0 Å². The van der Waals surface area contributed by atoms with Crippen molar-refractivity contribution in [3.63, 3.8) is 0 Å². The second-order valence-electron chi connectivity index (χ2n) is 6.64. The third-order valence-corrected chi connectivity index (χ3v) is 7.45. The van der Waals surface area contributed by atoms with Crippen molar-refractivity contribution < 1.29 is 27.5 Å². The van der Waals surface area contributed by atoms with Crippen LogP contribution in [0.4, 0.5) is 0 Å². The highest BCUT2D eigenvalue weighted by molar-refractivity contribution is 7.85. The van der Waals surface area contributed by atoms with Crippen LogP contribution >= 0.6 is 0 Å². The van der Waals surface area contributed by atoms with Crippen LogP contribution in [0.15, 0.2) is 0 Å². The molecule has 2 aliphatic heterocycles. The highest BCUT2D eigenvalue weighted by atomic mass is 32.2. The van der Waals surface area contributed by atoms with E-state index in [4.69, 9.17) is 9.47 Å². The van der Waals surface area contributed by atoms with Crippen molar-refractivity contribution in [2.24, 2.45) is 0 Å². The first-order valence-electron chi connectivity index (χ1n) is 9.12. The fraction of sp³-hybridized carbons (Fsp3) is 0.882. The van der Waals surface area contributed by atoms with Crippen LogP contribution in [-0.2, 0) is 40.7 Å². The number of cyclic esters (lactones) is 2. The Bertz CT molecular complexity index is 463. The second-order valence-corrected chi connectivity index (χ2v) is 10.0. The Morgan fingerprint density at radius 3 is 1.48 bits per heavy atom. The van der Waals surface area contributed by atoms with Crippen LogP contribution in [0.1, 0.15) is 57.8 Å². The monoisotopic (exact) mass is 392 g/mol. The van der Waals surface area contributed by atoms with Crippen LogP contribution in [0.3, 0.4) is 0 Å². The van der Waals surface area contributed by atoms with Gasteiger partial charge in [0.1, 0.15) is 12.2 Å². The molecule has 2 fully saturated rings. The van der Waals surface area contributed by atoms with Gasteiger partial charge in [0.25, 0.3) is 0 Å². The molecule has 25 heavy (non-hydrogen) atoms. The van der Waals surface area contributed by atoms with Crippen molar-refractivity contribution in [3.8, 4) is 0 Å². The molecule has 4 unspecified atom stereocenters. The summed E-state index contributed by atoms with van der Waals surface area (Å²) < 4.78 is 34.1. The van der Waals surface area contributed by atoms with Gasteiger partial charge in [0, 0.05) is 57.5 Å². The third-order valence-electron chi connectivity index (χ3n) is 4.48. The standard InChI is InChI=1S/C17H28O6S2/c18-16-8-6-14(22-16)4-1-10-24(20)12-3-13-25(21)11-2-5-15-7-9-17(19)23-15/h14-15H,1-13H2. The molecular formula is C17H28O6S2. The lowest BCUT2D eigenvalue weighted by Gasteiger charge is -2.09. The molecule has 2 rings (SSSR count). The van der Waals surface area contributed by atoms with Gasteiger partial charge in [-0.15, -0.1) is 0 Å². The highest BCUT2D eigenvalue weighted by Gasteiger charge is 2.23. The van der Waals surface area contributed by atoms with Gasteiger partial charge in [-0.1, -0.05) is 0 Å². The van der Waals surface area contributed by atoms with Gasteiger partial charge < -0.3 is 9.47 Å². The Labute approximate surface area is 154 Å². The first-order chi connectivity index (χ1) is 12.0. The molecule has 0 aromatic rings. The predicted octanol–water partition coefficient (Wildman–Crippen LogP) is 1.85. The summed E-state index contributed by atoms with van der Waals surface area (Å²) in [4.78, 5) is 22.0. The minimum absolute atomic E-state index is 0.0103. The van der Waals surface area contributed by atoms with E-state index < -0.39 is 21.6 Å². The summed E-state index contributed by atoms with van der Waals surface area (Å²) in [5.41, 5.74) is 0. The lowest BCUT2D eigenvalue weighted by atomic mass is 10.1. The van der Waals surface area contributed by atoms with E-state index in [2.05, 4.69) is 0 Å². The Morgan fingerprint density at radius 2 is 1.12 bits per heavy atom. The molecule has 0 aromatic heterocycles. The Balaban J connectivity index is 1.43. The van der Waals surface area contributed by atoms with E-state index in [0.29, 0.717) is 42.3 Å². The number of ether oxygens (including phenoxy) is 2.